The van der Waals surface area contributed by atoms with Gasteiger partial charge in [-0.3, -0.25) is 4.79 Å². The van der Waals surface area contributed by atoms with E-state index in [4.69, 9.17) is 0 Å². The summed E-state index contributed by atoms with van der Waals surface area (Å²) in [6, 6.07) is 0. The molecule has 3 fully saturated rings. The van der Waals surface area contributed by atoms with Crippen molar-refractivity contribution in [3.63, 3.8) is 0 Å². The second kappa shape index (κ2) is 3.05. The van der Waals surface area contributed by atoms with Crippen molar-refractivity contribution in [3.05, 3.63) is 24.3 Å². The van der Waals surface area contributed by atoms with Gasteiger partial charge in [0.05, 0.1) is 10.5 Å². The highest BCUT2D eigenvalue weighted by Gasteiger charge is 2.67. The van der Waals surface area contributed by atoms with E-state index in [1.807, 2.05) is 12.2 Å². The van der Waals surface area contributed by atoms with Gasteiger partial charge in [-0.15, -0.1) is 0 Å². The molecule has 0 aromatic heterocycles. The van der Waals surface area contributed by atoms with Crippen LogP contribution in [0.4, 0.5) is 0 Å². The van der Waals surface area contributed by atoms with Crippen molar-refractivity contribution in [1.82, 2.24) is 0 Å². The second-order valence-corrected chi connectivity index (χ2v) is 9.14. The molecule has 1 saturated heterocycles. The number of sulfone groups is 1. The van der Waals surface area contributed by atoms with Crippen molar-refractivity contribution in [2.45, 2.75) is 23.3 Å². The van der Waals surface area contributed by atoms with Gasteiger partial charge in [0.1, 0.15) is 5.78 Å². The Morgan fingerprint density at radius 3 is 1.68 bits per heavy atom. The van der Waals surface area contributed by atoms with E-state index in [1.165, 1.54) is 0 Å². The molecule has 2 saturated carbocycles. The lowest BCUT2D eigenvalue weighted by Gasteiger charge is -2.41. The Labute approximate surface area is 112 Å². The summed E-state index contributed by atoms with van der Waals surface area (Å²) in [5, 5.41) is -0.798. The number of Topliss-reactive ketones (excluding diaryl/α,β-unsaturated/α-hetero) is 1. The minimum atomic E-state index is -3.16. The smallest absolute Gasteiger partial charge is 0.158 e. The average molecular weight is 276 g/mol. The Bertz CT molecular complexity index is 596. The Hall–Kier alpha value is -0.900. The molecule has 4 heteroatoms. The average Bonchev–Trinajstić information content (AvgIpc) is 3.11. The van der Waals surface area contributed by atoms with Crippen molar-refractivity contribution in [3.8, 4) is 0 Å². The predicted molar refractivity (Wildman–Crippen MR) is 70.0 cm³/mol. The fraction of sp³-hybridized carbons (Fsp3) is 0.667. The Kier molecular flexibility index (Phi) is 1.74. The molecule has 1 heterocycles. The van der Waals surface area contributed by atoms with Crippen LogP contribution in [0.25, 0.3) is 0 Å². The molecule has 5 rings (SSSR count). The molecule has 100 valence electrons. The first kappa shape index (κ1) is 10.8. The maximum atomic E-state index is 13.0. The van der Waals surface area contributed by atoms with E-state index < -0.39 is 20.3 Å². The Balaban J connectivity index is 1.72. The van der Waals surface area contributed by atoms with Crippen LogP contribution in [0.1, 0.15) is 12.8 Å². The number of fused-ring (bicyclic) bond motifs is 10. The molecule has 0 spiro atoms. The van der Waals surface area contributed by atoms with E-state index in [0.29, 0.717) is 0 Å². The molecular formula is C15H16O3S. The van der Waals surface area contributed by atoms with Gasteiger partial charge in [0.15, 0.2) is 9.84 Å². The fourth-order valence-corrected chi connectivity index (χ4v) is 8.83. The van der Waals surface area contributed by atoms with Gasteiger partial charge in [0.25, 0.3) is 0 Å². The minimum absolute atomic E-state index is 0.105. The zero-order chi connectivity index (χ0) is 12.9. The number of carbonyl (C=O) groups excluding carboxylic acids is 1. The molecule has 4 bridgehead atoms. The number of hydrogen-bond donors (Lipinski definition) is 0. The van der Waals surface area contributed by atoms with Crippen LogP contribution in [0, 0.1) is 35.5 Å². The van der Waals surface area contributed by atoms with Gasteiger partial charge in [0, 0.05) is 11.8 Å². The van der Waals surface area contributed by atoms with Gasteiger partial charge in [-0.05, 0) is 36.5 Å². The highest BCUT2D eigenvalue weighted by molar-refractivity contribution is 7.92. The van der Waals surface area contributed by atoms with E-state index in [1.54, 1.807) is 0 Å². The topological polar surface area (TPSA) is 51.2 Å². The van der Waals surface area contributed by atoms with Crippen LogP contribution in [0.5, 0.6) is 0 Å². The molecule has 5 aliphatic rings. The van der Waals surface area contributed by atoms with Crippen molar-refractivity contribution in [2.24, 2.45) is 35.5 Å². The molecule has 0 N–H and O–H groups in total. The molecular weight excluding hydrogens is 260 g/mol. The van der Waals surface area contributed by atoms with Crippen LogP contribution in [-0.2, 0) is 14.6 Å². The lowest BCUT2D eigenvalue weighted by atomic mass is 9.77. The van der Waals surface area contributed by atoms with Gasteiger partial charge in [-0.2, -0.15) is 0 Å². The maximum Gasteiger partial charge on any atom is 0.158 e. The highest BCUT2D eigenvalue weighted by Crippen LogP contribution is 2.59. The van der Waals surface area contributed by atoms with Crippen molar-refractivity contribution >= 4 is 15.6 Å². The van der Waals surface area contributed by atoms with E-state index in [-0.39, 0.29) is 41.3 Å². The largest absolute Gasteiger partial charge is 0.299 e. The molecule has 8 atom stereocenters. The SMILES string of the molecule is O=C1[C@@H]2[C@H]([C@H]3C=C[C@@H]2C3)S(=O)(=O)[C@H]2[C@@H]1[C@H]1C=C[C@@H]2C1. The summed E-state index contributed by atoms with van der Waals surface area (Å²) in [6.07, 6.45) is 10.0. The Morgan fingerprint density at radius 2 is 1.21 bits per heavy atom. The number of ketones is 1. The van der Waals surface area contributed by atoms with Crippen LogP contribution >= 0.6 is 0 Å². The first-order valence-corrected chi connectivity index (χ1v) is 8.83. The summed E-state index contributed by atoms with van der Waals surface area (Å²) in [5.74, 6) is 0.408. The zero-order valence-electron chi connectivity index (χ0n) is 10.5. The van der Waals surface area contributed by atoms with Crippen LogP contribution < -0.4 is 0 Å². The molecule has 0 radical (unpaired) electrons. The standard InChI is InChI=1S/C15H16O3S/c16-13-11-7-1-3-9(5-7)14(11)19(17,18)15-10-4-2-8(6-10)12(13)15/h1-4,7-12,14-15H,5-6H2/t7-,8+,9+,10-,11-,12-,14+,15-/m1/s1. The summed E-state index contributed by atoms with van der Waals surface area (Å²) in [7, 11) is -3.16. The number of hydrogen-bond acceptors (Lipinski definition) is 3. The lowest BCUT2D eigenvalue weighted by Crippen LogP contribution is -2.55. The van der Waals surface area contributed by atoms with Gasteiger partial charge in [0.2, 0.25) is 0 Å². The summed E-state index contributed by atoms with van der Waals surface area (Å²) in [5.41, 5.74) is 0. The van der Waals surface area contributed by atoms with E-state index in [2.05, 4.69) is 12.2 Å². The molecule has 0 amide bonds. The third kappa shape index (κ3) is 1.04. The number of carbonyl (C=O) groups is 1. The summed E-state index contributed by atoms with van der Waals surface area (Å²) in [6.45, 7) is 0. The van der Waals surface area contributed by atoms with E-state index >= 15 is 0 Å². The Morgan fingerprint density at radius 1 is 0.789 bits per heavy atom. The third-order valence-corrected chi connectivity index (χ3v) is 8.99. The van der Waals surface area contributed by atoms with Gasteiger partial charge in [-0.25, -0.2) is 8.42 Å². The second-order valence-electron chi connectivity index (χ2n) is 6.87. The monoisotopic (exact) mass is 276 g/mol. The molecule has 0 unspecified atom stereocenters. The fourth-order valence-electron chi connectivity index (χ4n) is 5.60. The molecule has 0 aromatic rings. The van der Waals surface area contributed by atoms with Crippen LogP contribution in [-0.4, -0.2) is 24.7 Å². The maximum absolute atomic E-state index is 13.0. The molecule has 4 aliphatic carbocycles. The van der Waals surface area contributed by atoms with Gasteiger partial charge < -0.3 is 0 Å². The quantitative estimate of drug-likeness (QED) is 0.628. The highest BCUT2D eigenvalue weighted by atomic mass is 32.2. The van der Waals surface area contributed by atoms with Crippen molar-refractivity contribution in [1.29, 1.82) is 0 Å². The lowest BCUT2D eigenvalue weighted by molar-refractivity contribution is -0.128. The molecule has 19 heavy (non-hydrogen) atoms. The van der Waals surface area contributed by atoms with Gasteiger partial charge in [-0.1, -0.05) is 24.3 Å². The molecule has 0 aromatic carbocycles. The minimum Gasteiger partial charge on any atom is -0.299 e. The normalized spacial score (nSPS) is 58.6. The molecule has 1 aliphatic heterocycles. The van der Waals surface area contributed by atoms with E-state index in [9.17, 15) is 13.2 Å². The van der Waals surface area contributed by atoms with Crippen LogP contribution in [0.2, 0.25) is 0 Å². The third-order valence-electron chi connectivity index (χ3n) is 6.19. The number of allylic oxidation sites excluding steroid dienone is 4. The van der Waals surface area contributed by atoms with Crippen LogP contribution in [0.3, 0.4) is 0 Å². The van der Waals surface area contributed by atoms with Crippen molar-refractivity contribution < 1.29 is 13.2 Å². The first-order valence-electron chi connectivity index (χ1n) is 7.22. The summed E-state index contributed by atoms with van der Waals surface area (Å²) in [4.78, 5) is 12.8. The van der Waals surface area contributed by atoms with E-state index in [0.717, 1.165) is 12.8 Å². The predicted octanol–water partition coefficient (Wildman–Crippen LogP) is 1.37. The zero-order valence-corrected chi connectivity index (χ0v) is 11.3. The summed E-state index contributed by atoms with van der Waals surface area (Å²) >= 11 is 0. The molecule has 3 nitrogen and oxygen atoms in total. The summed E-state index contributed by atoms with van der Waals surface area (Å²) < 4.78 is 26.0. The first-order chi connectivity index (χ1) is 9.09. The number of rotatable bonds is 0. The van der Waals surface area contributed by atoms with Crippen LogP contribution in [0.15, 0.2) is 24.3 Å². The van der Waals surface area contributed by atoms with Crippen molar-refractivity contribution in [2.75, 3.05) is 0 Å². The van der Waals surface area contributed by atoms with Gasteiger partial charge >= 0.3 is 0 Å².